The van der Waals surface area contributed by atoms with Gasteiger partial charge in [-0.05, 0) is 48.8 Å². The lowest BCUT2D eigenvalue weighted by Crippen LogP contribution is -2.31. The number of rotatable bonds is 9. The minimum absolute atomic E-state index is 0.0288. The predicted molar refractivity (Wildman–Crippen MR) is 124 cm³/mol. The molecule has 1 atom stereocenters. The van der Waals surface area contributed by atoms with Crippen LogP contribution in [0.5, 0.6) is 0 Å². The van der Waals surface area contributed by atoms with E-state index < -0.39 is 0 Å². The molecule has 0 spiro atoms. The Bertz CT molecular complexity index is 982. The molecule has 0 amide bonds. The molecule has 5 heteroatoms. The highest BCUT2D eigenvalue weighted by Crippen LogP contribution is 2.47. The standard InChI is InChI=1S/C25H30N2O2S/c1-3-13-27(24(20-10-11-20)19-7-5-4-6-8-19)25-26-23(17(2)30-25)22-12-9-18(15-28)14-21(22)16-29/h4-9,12,14,20,24,28-29H,3,10-11,13,15-16H2,1-2H3. The van der Waals surface area contributed by atoms with Crippen LogP contribution in [0.15, 0.2) is 48.5 Å². The molecule has 0 saturated heterocycles. The zero-order valence-corrected chi connectivity index (χ0v) is 18.5. The van der Waals surface area contributed by atoms with Crippen LogP contribution in [0.4, 0.5) is 5.13 Å². The molecular formula is C25H30N2O2S. The van der Waals surface area contributed by atoms with Gasteiger partial charge in [-0.2, -0.15) is 0 Å². The minimum Gasteiger partial charge on any atom is -0.392 e. The molecule has 0 aliphatic heterocycles. The molecule has 3 aromatic rings. The van der Waals surface area contributed by atoms with Crippen LogP contribution in [0.3, 0.4) is 0 Å². The lowest BCUT2D eigenvalue weighted by molar-refractivity contribution is 0.275. The van der Waals surface area contributed by atoms with E-state index in [0.29, 0.717) is 12.0 Å². The van der Waals surface area contributed by atoms with E-state index in [1.807, 2.05) is 18.2 Å². The third-order valence-corrected chi connectivity index (χ3v) is 6.83. The number of aliphatic hydroxyl groups excluding tert-OH is 2. The van der Waals surface area contributed by atoms with E-state index in [0.717, 1.165) is 45.4 Å². The molecule has 1 saturated carbocycles. The fourth-order valence-electron chi connectivity index (χ4n) is 4.23. The van der Waals surface area contributed by atoms with Crippen LogP contribution in [0.1, 0.15) is 53.8 Å². The predicted octanol–water partition coefficient (Wildman–Crippen LogP) is 5.47. The highest BCUT2D eigenvalue weighted by molar-refractivity contribution is 7.16. The molecule has 1 aromatic heterocycles. The third-order valence-electron chi connectivity index (χ3n) is 5.82. The van der Waals surface area contributed by atoms with Gasteiger partial charge < -0.3 is 15.1 Å². The molecule has 0 radical (unpaired) electrons. The number of aromatic nitrogens is 1. The Morgan fingerprint density at radius 3 is 2.50 bits per heavy atom. The monoisotopic (exact) mass is 422 g/mol. The van der Waals surface area contributed by atoms with Crippen molar-refractivity contribution in [2.75, 3.05) is 11.4 Å². The maximum atomic E-state index is 9.89. The van der Waals surface area contributed by atoms with E-state index in [1.165, 1.54) is 18.4 Å². The third kappa shape index (κ3) is 4.29. The number of anilines is 1. The Labute approximate surface area is 182 Å². The molecule has 2 N–H and O–H groups in total. The Balaban J connectivity index is 1.74. The topological polar surface area (TPSA) is 56.6 Å². The summed E-state index contributed by atoms with van der Waals surface area (Å²) in [6.07, 6.45) is 3.61. The van der Waals surface area contributed by atoms with Crippen LogP contribution in [0, 0.1) is 12.8 Å². The summed E-state index contributed by atoms with van der Waals surface area (Å²) in [6, 6.07) is 16.9. The van der Waals surface area contributed by atoms with E-state index >= 15 is 0 Å². The zero-order chi connectivity index (χ0) is 21.1. The van der Waals surface area contributed by atoms with Crippen molar-refractivity contribution in [3.8, 4) is 11.3 Å². The molecule has 1 fully saturated rings. The van der Waals surface area contributed by atoms with E-state index in [-0.39, 0.29) is 13.2 Å². The molecule has 1 unspecified atom stereocenters. The van der Waals surface area contributed by atoms with Crippen molar-refractivity contribution in [2.24, 2.45) is 5.92 Å². The highest BCUT2D eigenvalue weighted by atomic mass is 32.1. The summed E-state index contributed by atoms with van der Waals surface area (Å²) >= 11 is 1.74. The minimum atomic E-state index is -0.0666. The molecule has 4 nitrogen and oxygen atoms in total. The first-order chi connectivity index (χ1) is 14.7. The fraction of sp³-hybridized carbons (Fsp3) is 0.400. The van der Waals surface area contributed by atoms with Crippen LogP contribution in [-0.2, 0) is 13.2 Å². The number of thiazole rings is 1. The van der Waals surface area contributed by atoms with Gasteiger partial charge in [0.2, 0.25) is 0 Å². The lowest BCUT2D eigenvalue weighted by atomic mass is 10.0. The summed E-state index contributed by atoms with van der Waals surface area (Å²) in [6.45, 7) is 5.21. The summed E-state index contributed by atoms with van der Waals surface area (Å²) in [5.74, 6) is 0.684. The van der Waals surface area contributed by atoms with Crippen molar-refractivity contribution in [1.29, 1.82) is 0 Å². The van der Waals surface area contributed by atoms with Gasteiger partial charge in [0.05, 0.1) is 24.9 Å². The van der Waals surface area contributed by atoms with Crippen LogP contribution in [0.25, 0.3) is 11.3 Å². The molecule has 4 rings (SSSR count). The molecule has 30 heavy (non-hydrogen) atoms. The van der Waals surface area contributed by atoms with Gasteiger partial charge in [-0.15, -0.1) is 11.3 Å². The molecule has 1 heterocycles. The largest absolute Gasteiger partial charge is 0.392 e. The maximum absolute atomic E-state index is 9.89. The number of hydrogen-bond acceptors (Lipinski definition) is 5. The summed E-state index contributed by atoms with van der Waals surface area (Å²) in [4.78, 5) is 8.74. The van der Waals surface area contributed by atoms with Crippen molar-refractivity contribution >= 4 is 16.5 Å². The Hall–Kier alpha value is -2.21. The quantitative estimate of drug-likeness (QED) is 0.480. The fourth-order valence-corrected chi connectivity index (χ4v) is 5.21. The van der Waals surface area contributed by atoms with E-state index in [4.69, 9.17) is 4.98 Å². The van der Waals surface area contributed by atoms with Gasteiger partial charge in [-0.3, -0.25) is 0 Å². The first-order valence-corrected chi connectivity index (χ1v) is 11.6. The smallest absolute Gasteiger partial charge is 0.186 e. The number of hydrogen-bond donors (Lipinski definition) is 2. The van der Waals surface area contributed by atoms with Crippen molar-refractivity contribution in [3.63, 3.8) is 0 Å². The van der Waals surface area contributed by atoms with Crippen LogP contribution in [-0.4, -0.2) is 21.7 Å². The van der Waals surface area contributed by atoms with Crippen molar-refractivity contribution in [3.05, 3.63) is 70.1 Å². The first-order valence-electron chi connectivity index (χ1n) is 10.8. The second-order valence-electron chi connectivity index (χ2n) is 8.10. The lowest BCUT2D eigenvalue weighted by Gasteiger charge is -2.32. The van der Waals surface area contributed by atoms with Gasteiger partial charge in [0.1, 0.15) is 0 Å². The average Bonchev–Trinajstić information content (AvgIpc) is 3.54. The van der Waals surface area contributed by atoms with Gasteiger partial charge in [0.15, 0.2) is 5.13 Å². The number of aliphatic hydroxyl groups is 2. The van der Waals surface area contributed by atoms with Gasteiger partial charge in [0, 0.05) is 17.0 Å². The molecule has 1 aliphatic rings. The van der Waals surface area contributed by atoms with Gasteiger partial charge in [0.25, 0.3) is 0 Å². The SMILES string of the molecule is CCCN(c1nc(-c2ccc(CO)cc2CO)c(C)s1)C(c1ccccc1)C1CC1. The summed E-state index contributed by atoms with van der Waals surface area (Å²) in [7, 11) is 0. The average molecular weight is 423 g/mol. The van der Waals surface area contributed by atoms with Gasteiger partial charge >= 0.3 is 0 Å². The van der Waals surface area contributed by atoms with Crippen molar-refractivity contribution < 1.29 is 10.2 Å². The van der Waals surface area contributed by atoms with E-state index in [9.17, 15) is 10.2 Å². The Kier molecular flexibility index (Phi) is 6.52. The van der Waals surface area contributed by atoms with Crippen LogP contribution < -0.4 is 4.90 Å². The number of benzene rings is 2. The zero-order valence-electron chi connectivity index (χ0n) is 17.7. The summed E-state index contributed by atoms with van der Waals surface area (Å²) in [5.41, 5.74) is 4.87. The van der Waals surface area contributed by atoms with Crippen molar-refractivity contribution in [1.82, 2.24) is 4.98 Å². The maximum Gasteiger partial charge on any atom is 0.186 e. The Morgan fingerprint density at radius 2 is 1.87 bits per heavy atom. The molecule has 0 bridgehead atoms. The highest BCUT2D eigenvalue weighted by Gasteiger charge is 2.37. The molecular weight excluding hydrogens is 392 g/mol. The van der Waals surface area contributed by atoms with Gasteiger partial charge in [-0.25, -0.2) is 4.98 Å². The molecule has 2 aromatic carbocycles. The van der Waals surface area contributed by atoms with E-state index in [2.05, 4.69) is 49.1 Å². The van der Waals surface area contributed by atoms with E-state index in [1.54, 1.807) is 11.3 Å². The first kappa shape index (κ1) is 21.0. The summed E-state index contributed by atoms with van der Waals surface area (Å²) < 4.78 is 0. The normalized spacial score (nSPS) is 14.7. The Morgan fingerprint density at radius 1 is 1.10 bits per heavy atom. The van der Waals surface area contributed by atoms with Crippen LogP contribution >= 0.6 is 11.3 Å². The molecule has 1 aliphatic carbocycles. The van der Waals surface area contributed by atoms with Crippen molar-refractivity contribution in [2.45, 2.75) is 52.4 Å². The second-order valence-corrected chi connectivity index (χ2v) is 9.28. The number of aryl methyl sites for hydroxylation is 1. The molecule has 158 valence electrons. The summed E-state index contributed by atoms with van der Waals surface area (Å²) in [5, 5.41) is 20.4. The number of nitrogens with zero attached hydrogens (tertiary/aromatic N) is 2. The van der Waals surface area contributed by atoms with Crippen LogP contribution in [0.2, 0.25) is 0 Å². The second kappa shape index (κ2) is 9.29. The van der Waals surface area contributed by atoms with Gasteiger partial charge in [-0.1, -0.05) is 55.5 Å².